The number of hydrogen-bond donors (Lipinski definition) is 1. The van der Waals surface area contributed by atoms with Crippen LogP contribution in [0.1, 0.15) is 19.4 Å². The van der Waals surface area contributed by atoms with Crippen LogP contribution in [-0.2, 0) is 5.60 Å². The van der Waals surface area contributed by atoms with Crippen LogP contribution in [0.2, 0.25) is 0 Å². The van der Waals surface area contributed by atoms with Gasteiger partial charge >= 0.3 is 6.01 Å². The van der Waals surface area contributed by atoms with E-state index in [-0.39, 0.29) is 6.01 Å². The number of aliphatic hydroxyl groups is 1. The first kappa shape index (κ1) is 12.2. The number of aromatic nitrogens is 2. The van der Waals surface area contributed by atoms with Crippen LogP contribution in [0.4, 0.5) is 0 Å². The van der Waals surface area contributed by atoms with Crippen LogP contribution in [0.5, 0.6) is 11.9 Å². The van der Waals surface area contributed by atoms with Crippen LogP contribution in [0.3, 0.4) is 0 Å². The first-order valence-corrected chi connectivity index (χ1v) is 5.07. The summed E-state index contributed by atoms with van der Waals surface area (Å²) in [5.41, 5.74) is -0.595. The maximum Gasteiger partial charge on any atom is 0.320 e. The molecule has 0 saturated carbocycles. The highest BCUT2D eigenvalue weighted by Crippen LogP contribution is 2.34. The fourth-order valence-electron chi connectivity index (χ4n) is 1.15. The molecule has 1 rings (SSSR count). The molecule has 15 heavy (non-hydrogen) atoms. The summed E-state index contributed by atoms with van der Waals surface area (Å²) < 4.78 is 10.4. The minimum absolute atomic E-state index is 0.187. The lowest BCUT2D eigenvalue weighted by atomic mass is 10.0. The maximum atomic E-state index is 9.91. The highest BCUT2D eigenvalue weighted by molar-refractivity contribution is 9.10. The number of methoxy groups -OCH3 is 2. The average Bonchev–Trinajstić information content (AvgIpc) is 2.14. The van der Waals surface area contributed by atoms with Gasteiger partial charge in [0.25, 0.3) is 0 Å². The number of halogens is 1. The molecular formula is C9H13BrN2O3. The first-order valence-electron chi connectivity index (χ1n) is 4.28. The van der Waals surface area contributed by atoms with Gasteiger partial charge in [-0.15, -0.1) is 0 Å². The Morgan fingerprint density at radius 1 is 1.20 bits per heavy atom. The second-order valence-corrected chi connectivity index (χ2v) is 4.20. The Balaban J connectivity index is 3.38. The summed E-state index contributed by atoms with van der Waals surface area (Å²) in [5, 5.41) is 9.91. The smallest absolute Gasteiger partial charge is 0.320 e. The van der Waals surface area contributed by atoms with Gasteiger partial charge < -0.3 is 14.6 Å². The van der Waals surface area contributed by atoms with Crippen molar-refractivity contribution < 1.29 is 14.6 Å². The van der Waals surface area contributed by atoms with Crippen molar-refractivity contribution in [2.45, 2.75) is 19.4 Å². The quantitative estimate of drug-likeness (QED) is 0.848. The third kappa shape index (κ3) is 2.57. The molecule has 6 heteroatoms. The molecule has 0 bridgehead atoms. The number of ether oxygens (including phenoxy) is 2. The van der Waals surface area contributed by atoms with E-state index in [1.807, 2.05) is 0 Å². The molecule has 0 aromatic carbocycles. The lowest BCUT2D eigenvalue weighted by Crippen LogP contribution is -2.19. The van der Waals surface area contributed by atoms with Gasteiger partial charge in [-0.25, -0.2) is 0 Å². The van der Waals surface area contributed by atoms with Crippen LogP contribution in [0, 0.1) is 0 Å². The van der Waals surface area contributed by atoms with Gasteiger partial charge in [0.05, 0.1) is 25.4 Å². The van der Waals surface area contributed by atoms with Gasteiger partial charge in [0.2, 0.25) is 5.88 Å². The van der Waals surface area contributed by atoms with Gasteiger partial charge in [-0.3, -0.25) is 0 Å². The molecule has 0 saturated heterocycles. The third-order valence-corrected chi connectivity index (χ3v) is 2.37. The highest BCUT2D eigenvalue weighted by atomic mass is 79.9. The second kappa shape index (κ2) is 4.32. The SMILES string of the molecule is COc1nc(Br)c(C(C)(C)O)c(OC)n1. The zero-order chi connectivity index (χ0) is 11.6. The molecule has 0 atom stereocenters. The van der Waals surface area contributed by atoms with E-state index < -0.39 is 5.60 Å². The van der Waals surface area contributed by atoms with E-state index in [1.54, 1.807) is 13.8 Å². The summed E-state index contributed by atoms with van der Waals surface area (Å²) in [6, 6.07) is 0.187. The van der Waals surface area contributed by atoms with Crippen molar-refractivity contribution in [3.05, 3.63) is 10.2 Å². The highest BCUT2D eigenvalue weighted by Gasteiger charge is 2.27. The van der Waals surface area contributed by atoms with E-state index in [0.717, 1.165) is 0 Å². The number of rotatable bonds is 3. The van der Waals surface area contributed by atoms with Crippen molar-refractivity contribution in [2.75, 3.05) is 14.2 Å². The standard InChI is InChI=1S/C9H13BrN2O3/c1-9(2,13)5-6(10)11-8(15-4)12-7(5)14-3/h13H,1-4H3. The van der Waals surface area contributed by atoms with Crippen LogP contribution >= 0.6 is 15.9 Å². The molecule has 0 aliphatic rings. The van der Waals surface area contributed by atoms with Gasteiger partial charge in [-0.05, 0) is 29.8 Å². The fraction of sp³-hybridized carbons (Fsp3) is 0.556. The Kier molecular flexibility index (Phi) is 3.51. The summed E-state index contributed by atoms with van der Waals surface area (Å²) in [5.74, 6) is 0.293. The zero-order valence-electron chi connectivity index (χ0n) is 9.04. The van der Waals surface area contributed by atoms with Crippen LogP contribution < -0.4 is 9.47 Å². The van der Waals surface area contributed by atoms with Gasteiger partial charge in [0.15, 0.2) is 0 Å². The van der Waals surface area contributed by atoms with E-state index >= 15 is 0 Å². The molecule has 84 valence electrons. The van der Waals surface area contributed by atoms with Crippen molar-refractivity contribution >= 4 is 15.9 Å². The van der Waals surface area contributed by atoms with Gasteiger partial charge in [0, 0.05) is 0 Å². The normalized spacial score (nSPS) is 11.3. The minimum atomic E-state index is -1.09. The van der Waals surface area contributed by atoms with E-state index in [0.29, 0.717) is 16.0 Å². The molecule has 0 unspecified atom stereocenters. The van der Waals surface area contributed by atoms with Crippen molar-refractivity contribution in [2.24, 2.45) is 0 Å². The summed E-state index contributed by atoms with van der Waals surface area (Å²) in [4.78, 5) is 8.00. The van der Waals surface area contributed by atoms with Crippen LogP contribution in [-0.4, -0.2) is 29.3 Å². The predicted molar refractivity (Wildman–Crippen MR) is 58.1 cm³/mol. The molecule has 1 aromatic heterocycles. The first-order chi connectivity index (χ1) is 6.90. The lowest BCUT2D eigenvalue weighted by Gasteiger charge is -2.21. The van der Waals surface area contributed by atoms with Crippen molar-refractivity contribution in [1.82, 2.24) is 9.97 Å². The Morgan fingerprint density at radius 3 is 2.20 bits per heavy atom. The summed E-state index contributed by atoms with van der Waals surface area (Å²) in [6.45, 7) is 3.26. The summed E-state index contributed by atoms with van der Waals surface area (Å²) in [7, 11) is 2.94. The van der Waals surface area contributed by atoms with E-state index in [4.69, 9.17) is 9.47 Å². The molecule has 0 fully saturated rings. The third-order valence-electron chi connectivity index (χ3n) is 1.80. The molecule has 1 heterocycles. The molecule has 1 aromatic rings. The topological polar surface area (TPSA) is 64.5 Å². The lowest BCUT2D eigenvalue weighted by molar-refractivity contribution is 0.0732. The average molecular weight is 277 g/mol. The fourth-order valence-corrected chi connectivity index (χ4v) is 1.96. The molecule has 0 radical (unpaired) electrons. The van der Waals surface area contributed by atoms with Gasteiger partial charge in [0.1, 0.15) is 4.60 Å². The number of hydrogen-bond acceptors (Lipinski definition) is 5. The van der Waals surface area contributed by atoms with Crippen molar-refractivity contribution in [3.8, 4) is 11.9 Å². The van der Waals surface area contributed by atoms with E-state index in [2.05, 4.69) is 25.9 Å². The minimum Gasteiger partial charge on any atom is -0.481 e. The Bertz CT molecular complexity index is 363. The number of nitrogens with zero attached hydrogens (tertiary/aromatic N) is 2. The predicted octanol–water partition coefficient (Wildman–Crippen LogP) is 1.48. The molecule has 0 amide bonds. The van der Waals surface area contributed by atoms with Crippen molar-refractivity contribution in [3.63, 3.8) is 0 Å². The molecule has 0 aliphatic carbocycles. The van der Waals surface area contributed by atoms with E-state index in [9.17, 15) is 5.11 Å². The Hall–Kier alpha value is -0.880. The van der Waals surface area contributed by atoms with Gasteiger partial charge in [-0.1, -0.05) is 0 Å². The van der Waals surface area contributed by atoms with Gasteiger partial charge in [-0.2, -0.15) is 9.97 Å². The molecule has 5 nitrogen and oxygen atoms in total. The summed E-state index contributed by atoms with van der Waals surface area (Å²) >= 11 is 3.24. The second-order valence-electron chi connectivity index (χ2n) is 3.44. The van der Waals surface area contributed by atoms with Crippen molar-refractivity contribution in [1.29, 1.82) is 0 Å². The zero-order valence-corrected chi connectivity index (χ0v) is 10.6. The summed E-state index contributed by atoms with van der Waals surface area (Å²) in [6.07, 6.45) is 0. The maximum absolute atomic E-state index is 9.91. The Labute approximate surface area is 96.6 Å². The molecular weight excluding hydrogens is 264 g/mol. The molecule has 1 N–H and O–H groups in total. The molecule has 0 aliphatic heterocycles. The molecule has 0 spiro atoms. The van der Waals surface area contributed by atoms with Crippen LogP contribution in [0.25, 0.3) is 0 Å². The Morgan fingerprint density at radius 2 is 1.80 bits per heavy atom. The monoisotopic (exact) mass is 276 g/mol. The van der Waals surface area contributed by atoms with Crippen LogP contribution in [0.15, 0.2) is 4.60 Å². The van der Waals surface area contributed by atoms with E-state index in [1.165, 1.54) is 14.2 Å². The largest absolute Gasteiger partial charge is 0.481 e.